The molecule has 96 valence electrons. The molecule has 0 radical (unpaired) electrons. The number of benzene rings is 1. The molecule has 1 aromatic carbocycles. The molecule has 1 atom stereocenters. The fourth-order valence-corrected chi connectivity index (χ4v) is 3.07. The molecule has 0 saturated heterocycles. The smallest absolute Gasteiger partial charge is 0.223 e. The fraction of sp³-hybridized carbons (Fsp3) is 0.267. The van der Waals surface area contributed by atoms with Crippen LogP contribution in [0.4, 0.5) is 4.39 Å². The molecule has 0 amide bonds. The van der Waals surface area contributed by atoms with Crippen LogP contribution in [0.1, 0.15) is 18.4 Å². The summed E-state index contributed by atoms with van der Waals surface area (Å²) in [4.78, 5) is 0. The van der Waals surface area contributed by atoms with Crippen molar-refractivity contribution >= 4 is 15.9 Å². The normalized spacial score (nSPS) is 24.4. The third-order valence-corrected chi connectivity index (χ3v) is 4.18. The van der Waals surface area contributed by atoms with Crippen LogP contribution in [0.3, 0.4) is 0 Å². The number of ether oxygens (including phenoxy) is 1. The number of hydrogen-bond donors (Lipinski definition) is 0. The van der Waals surface area contributed by atoms with Crippen LogP contribution in [0.2, 0.25) is 0 Å². The van der Waals surface area contributed by atoms with Crippen LogP contribution in [-0.4, -0.2) is 5.60 Å². The Morgan fingerprint density at radius 2 is 2.21 bits per heavy atom. The number of halogens is 2. The quantitative estimate of drug-likeness (QED) is 0.782. The van der Waals surface area contributed by atoms with Crippen LogP contribution in [0.5, 0.6) is 5.75 Å². The molecule has 4 heteroatoms. The summed E-state index contributed by atoms with van der Waals surface area (Å²) in [7, 11) is 0. The second-order valence-corrected chi connectivity index (χ2v) is 5.58. The number of fused-ring (bicyclic) bond motifs is 1. The van der Waals surface area contributed by atoms with Gasteiger partial charge in [-0.3, -0.25) is 0 Å². The maximum absolute atomic E-state index is 13.4. The van der Waals surface area contributed by atoms with Crippen LogP contribution >= 0.6 is 15.9 Å². The van der Waals surface area contributed by atoms with Gasteiger partial charge in [-0.1, -0.05) is 34.2 Å². The van der Waals surface area contributed by atoms with Gasteiger partial charge in [-0.25, -0.2) is 4.39 Å². The molecule has 0 saturated carbocycles. The Hall–Kier alpha value is -1.60. The molecule has 1 aliphatic heterocycles. The lowest BCUT2D eigenvalue weighted by molar-refractivity contribution is 0.199. The summed E-state index contributed by atoms with van der Waals surface area (Å²) in [6, 6.07) is 5.00. The van der Waals surface area contributed by atoms with E-state index in [1.165, 1.54) is 12.1 Å². The second kappa shape index (κ2) is 4.50. The van der Waals surface area contributed by atoms with Crippen LogP contribution in [0.25, 0.3) is 0 Å². The molecule has 0 fully saturated rings. The maximum Gasteiger partial charge on any atom is 0.223 e. The number of rotatable bonds is 1. The molecule has 0 bridgehead atoms. The van der Waals surface area contributed by atoms with E-state index in [2.05, 4.69) is 22.0 Å². The summed E-state index contributed by atoms with van der Waals surface area (Å²) in [5, 5.41) is 9.54. The number of nitriles is 1. The highest BCUT2D eigenvalue weighted by atomic mass is 79.9. The van der Waals surface area contributed by atoms with Crippen molar-refractivity contribution in [3.8, 4) is 11.8 Å². The second-order valence-electron chi connectivity index (χ2n) is 4.72. The van der Waals surface area contributed by atoms with Crippen LogP contribution in [0.15, 0.2) is 40.4 Å². The van der Waals surface area contributed by atoms with E-state index in [1.807, 2.05) is 18.2 Å². The van der Waals surface area contributed by atoms with E-state index in [0.717, 1.165) is 24.0 Å². The van der Waals surface area contributed by atoms with Crippen LogP contribution in [-0.2, 0) is 6.42 Å². The van der Waals surface area contributed by atoms with Gasteiger partial charge in [-0.2, -0.15) is 5.26 Å². The van der Waals surface area contributed by atoms with E-state index in [0.29, 0.717) is 16.6 Å². The van der Waals surface area contributed by atoms with Crippen molar-refractivity contribution in [2.24, 2.45) is 0 Å². The Labute approximate surface area is 119 Å². The molecular weight excluding hydrogens is 309 g/mol. The van der Waals surface area contributed by atoms with E-state index < -0.39 is 5.60 Å². The van der Waals surface area contributed by atoms with Gasteiger partial charge in [0.25, 0.3) is 0 Å². The first-order chi connectivity index (χ1) is 9.14. The first-order valence-corrected chi connectivity index (χ1v) is 6.89. The van der Waals surface area contributed by atoms with E-state index in [-0.39, 0.29) is 5.82 Å². The highest BCUT2D eigenvalue weighted by molar-refractivity contribution is 9.10. The third kappa shape index (κ3) is 1.98. The highest BCUT2D eigenvalue weighted by Gasteiger charge is 2.43. The van der Waals surface area contributed by atoms with Crippen molar-refractivity contribution in [3.05, 3.63) is 51.8 Å². The summed E-state index contributed by atoms with van der Waals surface area (Å²) < 4.78 is 19.8. The number of hydrogen-bond acceptors (Lipinski definition) is 2. The van der Waals surface area contributed by atoms with Crippen molar-refractivity contribution in [1.29, 1.82) is 5.26 Å². The van der Waals surface area contributed by atoms with Gasteiger partial charge in [0.1, 0.15) is 17.6 Å². The average molecular weight is 320 g/mol. The van der Waals surface area contributed by atoms with E-state index in [9.17, 15) is 9.65 Å². The van der Waals surface area contributed by atoms with Gasteiger partial charge in [0.2, 0.25) is 5.60 Å². The molecular formula is C15H11BrFNO. The largest absolute Gasteiger partial charge is 0.467 e. The number of allylic oxidation sites excluding steroid dienone is 2. The van der Waals surface area contributed by atoms with Gasteiger partial charge in [0, 0.05) is 28.1 Å². The van der Waals surface area contributed by atoms with Crippen molar-refractivity contribution in [2.75, 3.05) is 0 Å². The van der Waals surface area contributed by atoms with E-state index >= 15 is 0 Å². The maximum atomic E-state index is 13.4. The zero-order valence-corrected chi connectivity index (χ0v) is 11.7. The molecule has 1 heterocycles. The first kappa shape index (κ1) is 12.4. The predicted octanol–water partition coefficient (Wildman–Crippen LogP) is 4.06. The molecule has 0 spiro atoms. The third-order valence-electron chi connectivity index (χ3n) is 3.47. The Morgan fingerprint density at radius 1 is 1.37 bits per heavy atom. The van der Waals surface area contributed by atoms with Gasteiger partial charge < -0.3 is 4.74 Å². The zero-order chi connectivity index (χ0) is 13.5. The van der Waals surface area contributed by atoms with Gasteiger partial charge >= 0.3 is 0 Å². The van der Waals surface area contributed by atoms with Gasteiger partial charge in [0.15, 0.2) is 0 Å². The Morgan fingerprint density at radius 3 is 2.89 bits per heavy atom. The molecule has 0 aromatic heterocycles. The van der Waals surface area contributed by atoms with Crippen molar-refractivity contribution in [1.82, 2.24) is 0 Å². The lowest BCUT2D eigenvalue weighted by Gasteiger charge is -2.23. The standard InChI is InChI=1S/C15H11BrFNO/c16-13-6-11(17)7-14-12(13)8-15(9-18,19-14)10-4-2-1-3-5-10/h2,4-7H,1,3,8H2. The lowest BCUT2D eigenvalue weighted by atomic mass is 9.87. The minimum atomic E-state index is -1.02. The van der Waals surface area contributed by atoms with Crippen LogP contribution < -0.4 is 4.74 Å². The average Bonchev–Trinajstić information content (AvgIpc) is 2.80. The Balaban J connectivity index is 2.05. The summed E-state index contributed by atoms with van der Waals surface area (Å²) >= 11 is 3.34. The van der Waals surface area contributed by atoms with E-state index in [4.69, 9.17) is 4.74 Å². The monoisotopic (exact) mass is 319 g/mol. The topological polar surface area (TPSA) is 33.0 Å². The Kier molecular flexibility index (Phi) is 2.94. The highest BCUT2D eigenvalue weighted by Crippen LogP contribution is 2.43. The summed E-state index contributed by atoms with van der Waals surface area (Å²) in [6.07, 6.45) is 8.33. The van der Waals surface area contributed by atoms with Crippen molar-refractivity contribution in [2.45, 2.75) is 24.9 Å². The first-order valence-electron chi connectivity index (χ1n) is 6.10. The fourth-order valence-electron chi connectivity index (χ4n) is 2.52. The molecule has 2 aliphatic rings. The molecule has 1 aromatic rings. The zero-order valence-electron chi connectivity index (χ0n) is 10.1. The summed E-state index contributed by atoms with van der Waals surface area (Å²) in [5.41, 5.74) is 0.697. The number of nitrogens with zero attached hydrogens (tertiary/aromatic N) is 1. The molecule has 1 unspecified atom stereocenters. The predicted molar refractivity (Wildman–Crippen MR) is 73.2 cm³/mol. The molecule has 3 rings (SSSR count). The van der Waals surface area contributed by atoms with Crippen LogP contribution in [0, 0.1) is 17.1 Å². The molecule has 0 N–H and O–H groups in total. The lowest BCUT2D eigenvalue weighted by Crippen LogP contribution is -2.34. The minimum Gasteiger partial charge on any atom is -0.467 e. The molecule has 2 nitrogen and oxygen atoms in total. The summed E-state index contributed by atoms with van der Waals surface area (Å²) in [5.74, 6) is 0.0841. The minimum absolute atomic E-state index is 0.368. The van der Waals surface area contributed by atoms with Gasteiger partial charge in [-0.05, 0) is 18.9 Å². The van der Waals surface area contributed by atoms with Crippen molar-refractivity contribution in [3.63, 3.8) is 0 Å². The SMILES string of the molecule is N#CC1(C2=CCCC=C2)Cc2c(Br)cc(F)cc2O1. The van der Waals surface area contributed by atoms with Gasteiger partial charge in [0.05, 0.1) is 0 Å². The summed E-state index contributed by atoms with van der Waals surface area (Å²) in [6.45, 7) is 0. The Bertz CT molecular complexity index is 644. The molecule has 19 heavy (non-hydrogen) atoms. The van der Waals surface area contributed by atoms with Crippen molar-refractivity contribution < 1.29 is 9.13 Å². The van der Waals surface area contributed by atoms with E-state index in [1.54, 1.807) is 0 Å². The van der Waals surface area contributed by atoms with Gasteiger partial charge in [-0.15, -0.1) is 0 Å². The molecule has 1 aliphatic carbocycles.